The summed E-state index contributed by atoms with van der Waals surface area (Å²) < 4.78 is 6.04. The lowest BCUT2D eigenvalue weighted by molar-refractivity contribution is -0.113. The van der Waals surface area contributed by atoms with Gasteiger partial charge in [-0.1, -0.05) is 26.7 Å². The standard InChI is InChI=1S/C20H32O/c1-18-10-4-3-5-14(18)6-7-15-16(18)8-11-19(2)17(15)9-12-20(19)13-21-20/h14-17H,3-13H2,1-2H3/t14?,15?,16?,17?,18-,19-,20+/m1/s1. The van der Waals surface area contributed by atoms with Crippen LogP contribution in [0.3, 0.4) is 0 Å². The van der Waals surface area contributed by atoms with Crippen molar-refractivity contribution < 1.29 is 4.74 Å². The van der Waals surface area contributed by atoms with E-state index in [9.17, 15) is 0 Å². The Hall–Kier alpha value is -0.0400. The van der Waals surface area contributed by atoms with Crippen LogP contribution in [0.2, 0.25) is 0 Å². The normalized spacial score (nSPS) is 62.0. The Kier molecular flexibility index (Phi) is 2.60. The van der Waals surface area contributed by atoms with Crippen molar-refractivity contribution in [2.45, 2.75) is 83.7 Å². The number of epoxide rings is 1. The first-order valence-corrected chi connectivity index (χ1v) is 9.73. The van der Waals surface area contributed by atoms with E-state index in [2.05, 4.69) is 13.8 Å². The fraction of sp³-hybridized carbons (Fsp3) is 1.00. The fourth-order valence-electron chi connectivity index (χ4n) is 7.95. The molecule has 1 heteroatoms. The highest BCUT2D eigenvalue weighted by Gasteiger charge is 2.69. The van der Waals surface area contributed by atoms with E-state index in [1.54, 1.807) is 6.42 Å². The number of ether oxygens (including phenoxy) is 1. The van der Waals surface area contributed by atoms with Crippen molar-refractivity contribution in [1.82, 2.24) is 0 Å². The fourth-order valence-corrected chi connectivity index (χ4v) is 7.95. The Bertz CT molecular complexity index is 453. The number of rotatable bonds is 0. The van der Waals surface area contributed by atoms with Gasteiger partial charge in [0.2, 0.25) is 0 Å². The summed E-state index contributed by atoms with van der Waals surface area (Å²) in [5, 5.41) is 0. The Morgan fingerprint density at radius 1 is 0.810 bits per heavy atom. The van der Waals surface area contributed by atoms with Gasteiger partial charge in [-0.05, 0) is 80.5 Å². The maximum Gasteiger partial charge on any atom is 0.0972 e. The molecule has 4 aliphatic carbocycles. The van der Waals surface area contributed by atoms with Crippen molar-refractivity contribution in [3.05, 3.63) is 0 Å². The zero-order valence-corrected chi connectivity index (χ0v) is 14.0. The van der Waals surface area contributed by atoms with E-state index in [4.69, 9.17) is 4.74 Å². The number of fused-ring (bicyclic) bond motifs is 6. The van der Waals surface area contributed by atoms with Gasteiger partial charge in [-0.2, -0.15) is 0 Å². The zero-order valence-electron chi connectivity index (χ0n) is 14.0. The largest absolute Gasteiger partial charge is 0.369 e. The van der Waals surface area contributed by atoms with Gasteiger partial charge in [0.1, 0.15) is 0 Å². The van der Waals surface area contributed by atoms with E-state index >= 15 is 0 Å². The molecule has 5 rings (SSSR count). The van der Waals surface area contributed by atoms with Crippen LogP contribution in [-0.4, -0.2) is 12.2 Å². The molecule has 1 heterocycles. The molecule has 5 aliphatic rings. The molecular weight excluding hydrogens is 256 g/mol. The van der Waals surface area contributed by atoms with E-state index in [-0.39, 0.29) is 0 Å². The van der Waals surface area contributed by atoms with Gasteiger partial charge in [-0.3, -0.25) is 0 Å². The highest BCUT2D eigenvalue weighted by molar-refractivity contribution is 5.18. The van der Waals surface area contributed by atoms with Crippen molar-refractivity contribution in [3.63, 3.8) is 0 Å². The molecule has 0 aromatic rings. The summed E-state index contributed by atoms with van der Waals surface area (Å²) in [5.74, 6) is 4.12. The Balaban J connectivity index is 1.48. The van der Waals surface area contributed by atoms with E-state index in [0.717, 1.165) is 30.3 Å². The van der Waals surface area contributed by atoms with Crippen LogP contribution in [0, 0.1) is 34.5 Å². The smallest absolute Gasteiger partial charge is 0.0972 e. The molecule has 7 atom stereocenters. The summed E-state index contributed by atoms with van der Waals surface area (Å²) in [5.41, 5.74) is 1.57. The molecule has 0 aromatic heterocycles. The summed E-state index contributed by atoms with van der Waals surface area (Å²) in [4.78, 5) is 0. The van der Waals surface area contributed by atoms with Crippen molar-refractivity contribution >= 4 is 0 Å². The minimum absolute atomic E-state index is 0.340. The molecule has 1 nitrogen and oxygen atoms in total. The molecule has 118 valence electrons. The third kappa shape index (κ3) is 1.53. The molecule has 1 saturated heterocycles. The average Bonchev–Trinajstić information content (AvgIpc) is 3.20. The molecule has 21 heavy (non-hydrogen) atoms. The summed E-state index contributed by atoms with van der Waals surface area (Å²) >= 11 is 0. The van der Waals surface area contributed by atoms with Gasteiger partial charge in [-0.25, -0.2) is 0 Å². The lowest BCUT2D eigenvalue weighted by Crippen LogP contribution is -2.53. The maximum absolute atomic E-state index is 6.04. The summed E-state index contributed by atoms with van der Waals surface area (Å²) in [6.45, 7) is 6.37. The SMILES string of the molecule is C[C@@]12CCCCC1CCC1C2CC[C@]2(C)C1CC[C@]21CO1. The first-order chi connectivity index (χ1) is 10.1. The molecular formula is C20H32O. The Morgan fingerprint density at radius 2 is 1.62 bits per heavy atom. The van der Waals surface area contributed by atoms with Crippen LogP contribution in [-0.2, 0) is 4.74 Å². The van der Waals surface area contributed by atoms with Crippen molar-refractivity contribution in [3.8, 4) is 0 Å². The van der Waals surface area contributed by atoms with Crippen LogP contribution in [0.5, 0.6) is 0 Å². The molecule has 5 fully saturated rings. The molecule has 0 amide bonds. The van der Waals surface area contributed by atoms with Crippen LogP contribution in [0.1, 0.15) is 78.1 Å². The lowest BCUT2D eigenvalue weighted by Gasteiger charge is -2.60. The minimum atomic E-state index is 0.340. The van der Waals surface area contributed by atoms with Gasteiger partial charge in [0, 0.05) is 5.41 Å². The average molecular weight is 288 g/mol. The number of hydrogen-bond acceptors (Lipinski definition) is 1. The Labute approximate surface area is 130 Å². The van der Waals surface area contributed by atoms with Crippen LogP contribution in [0.25, 0.3) is 0 Å². The van der Waals surface area contributed by atoms with E-state index < -0.39 is 0 Å². The molecule has 4 unspecified atom stereocenters. The quantitative estimate of drug-likeness (QED) is 0.559. The van der Waals surface area contributed by atoms with Gasteiger partial charge in [0.15, 0.2) is 0 Å². The van der Waals surface area contributed by atoms with Gasteiger partial charge in [-0.15, -0.1) is 0 Å². The monoisotopic (exact) mass is 288 g/mol. The van der Waals surface area contributed by atoms with Crippen LogP contribution < -0.4 is 0 Å². The second-order valence-electron chi connectivity index (χ2n) is 9.68. The van der Waals surface area contributed by atoms with Crippen LogP contribution >= 0.6 is 0 Å². The summed E-state index contributed by atoms with van der Waals surface area (Å²) in [7, 11) is 0. The zero-order chi connectivity index (χ0) is 14.3. The Morgan fingerprint density at radius 3 is 2.43 bits per heavy atom. The van der Waals surface area contributed by atoms with Crippen LogP contribution in [0.15, 0.2) is 0 Å². The highest BCUT2D eigenvalue weighted by atomic mass is 16.6. The van der Waals surface area contributed by atoms with Crippen LogP contribution in [0.4, 0.5) is 0 Å². The molecule has 0 radical (unpaired) electrons. The first kappa shape index (κ1) is 13.4. The minimum Gasteiger partial charge on any atom is -0.369 e. The van der Waals surface area contributed by atoms with E-state index in [1.165, 1.54) is 57.8 Å². The second-order valence-corrected chi connectivity index (χ2v) is 9.68. The first-order valence-electron chi connectivity index (χ1n) is 9.73. The third-order valence-corrected chi connectivity index (χ3v) is 9.37. The lowest BCUT2D eigenvalue weighted by atomic mass is 9.45. The van der Waals surface area contributed by atoms with E-state index in [0.29, 0.717) is 16.4 Å². The van der Waals surface area contributed by atoms with E-state index in [1.807, 2.05) is 0 Å². The molecule has 0 bridgehead atoms. The highest BCUT2D eigenvalue weighted by Crippen LogP contribution is 2.71. The van der Waals surface area contributed by atoms with Gasteiger partial charge in [0.25, 0.3) is 0 Å². The van der Waals surface area contributed by atoms with Crippen molar-refractivity contribution in [1.29, 1.82) is 0 Å². The summed E-state index contributed by atoms with van der Waals surface area (Å²) in [6, 6.07) is 0. The molecule has 1 spiro atoms. The van der Waals surface area contributed by atoms with Crippen molar-refractivity contribution in [2.75, 3.05) is 6.61 Å². The molecule has 0 aromatic carbocycles. The maximum atomic E-state index is 6.04. The predicted octanol–water partition coefficient (Wildman–Crippen LogP) is 5.19. The molecule has 0 N–H and O–H groups in total. The molecule has 4 saturated carbocycles. The van der Waals surface area contributed by atoms with Crippen molar-refractivity contribution in [2.24, 2.45) is 34.5 Å². The topological polar surface area (TPSA) is 12.5 Å². The van der Waals surface area contributed by atoms with Gasteiger partial charge in [0.05, 0.1) is 12.2 Å². The third-order valence-electron chi connectivity index (χ3n) is 9.37. The predicted molar refractivity (Wildman–Crippen MR) is 85.0 cm³/mol. The number of hydrogen-bond donors (Lipinski definition) is 0. The second kappa shape index (κ2) is 4.08. The van der Waals surface area contributed by atoms with Gasteiger partial charge >= 0.3 is 0 Å². The molecule has 1 aliphatic heterocycles. The van der Waals surface area contributed by atoms with Gasteiger partial charge < -0.3 is 4.74 Å². The summed E-state index contributed by atoms with van der Waals surface area (Å²) in [6.07, 6.45) is 15.0.